The summed E-state index contributed by atoms with van der Waals surface area (Å²) in [5.74, 6) is 0.704. The van der Waals surface area contributed by atoms with E-state index in [1.165, 1.54) is 0 Å². The molecule has 3 aromatic rings. The molecular formula is C28H40N6O2S. The molecule has 0 saturated heterocycles. The quantitative estimate of drug-likeness (QED) is 0.270. The van der Waals surface area contributed by atoms with Gasteiger partial charge in [-0.2, -0.15) is 0 Å². The number of aromatic nitrogens is 2. The van der Waals surface area contributed by atoms with E-state index in [4.69, 9.17) is 0 Å². The zero-order valence-corrected chi connectivity index (χ0v) is 23.4. The molecule has 1 saturated carbocycles. The predicted octanol–water partition coefficient (Wildman–Crippen LogP) is 6.10. The molecule has 0 spiro atoms. The van der Waals surface area contributed by atoms with Gasteiger partial charge in [0.1, 0.15) is 5.82 Å². The number of carbonyl (C=O) groups is 2. The van der Waals surface area contributed by atoms with Gasteiger partial charge in [-0.25, -0.2) is 9.97 Å². The minimum Gasteiger partial charge on any atom is -0.382 e. The number of nitrogens with zero attached hydrogens (tertiary/aromatic N) is 2. The Labute approximate surface area is 224 Å². The van der Waals surface area contributed by atoms with Crippen molar-refractivity contribution in [2.75, 3.05) is 17.2 Å². The summed E-state index contributed by atoms with van der Waals surface area (Å²) >= 11 is 1.59. The maximum atomic E-state index is 13.2. The molecule has 0 bridgehead atoms. The van der Waals surface area contributed by atoms with E-state index in [-0.39, 0.29) is 29.8 Å². The number of fused-ring (bicyclic) bond motifs is 1. The van der Waals surface area contributed by atoms with Gasteiger partial charge in [0.15, 0.2) is 0 Å². The minimum absolute atomic E-state index is 0.0454. The second kappa shape index (κ2) is 13.9. The van der Waals surface area contributed by atoms with Gasteiger partial charge in [0.05, 0.1) is 27.0 Å². The van der Waals surface area contributed by atoms with E-state index in [1.807, 2.05) is 64.4 Å². The number of rotatable bonds is 9. The van der Waals surface area contributed by atoms with Crippen LogP contribution in [0.15, 0.2) is 36.0 Å². The van der Waals surface area contributed by atoms with Crippen LogP contribution in [0.25, 0.3) is 10.2 Å². The van der Waals surface area contributed by atoms with Crippen molar-refractivity contribution >= 4 is 50.6 Å². The highest BCUT2D eigenvalue weighted by Crippen LogP contribution is 2.28. The summed E-state index contributed by atoms with van der Waals surface area (Å²) in [6.45, 7) is 10.8. The van der Waals surface area contributed by atoms with Crippen LogP contribution >= 0.6 is 11.3 Å². The Morgan fingerprint density at radius 1 is 1.08 bits per heavy atom. The standard InChI is InChI=1S/C26H34N6O2S.C2H6/c1-4-11-27-25(33)17-5-7-18(8-6-17)32-26(34)20-14-28-24(13-22(20)30-16(2)3)31-19-9-10-21-23(12-19)35-15-29-21;1-2/h9-10,12-18H,4-8,11H2,1-3H3,(H,27,33)(H,32,34)(H2,28,30,31);1-2H3. The molecule has 0 atom stereocenters. The van der Waals surface area contributed by atoms with Crippen molar-refractivity contribution in [1.82, 2.24) is 20.6 Å². The van der Waals surface area contributed by atoms with Crippen molar-refractivity contribution in [2.24, 2.45) is 5.92 Å². The van der Waals surface area contributed by atoms with E-state index >= 15 is 0 Å². The lowest BCUT2D eigenvalue weighted by Crippen LogP contribution is -2.41. The highest BCUT2D eigenvalue weighted by atomic mass is 32.1. The highest BCUT2D eigenvalue weighted by molar-refractivity contribution is 7.16. The van der Waals surface area contributed by atoms with E-state index in [9.17, 15) is 9.59 Å². The average molecular weight is 525 g/mol. The van der Waals surface area contributed by atoms with Crippen LogP contribution in [0.3, 0.4) is 0 Å². The summed E-state index contributed by atoms with van der Waals surface area (Å²) in [6.07, 6.45) is 5.75. The number of nitrogens with one attached hydrogen (secondary N) is 4. The first kappa shape index (κ1) is 28.4. The molecule has 8 nitrogen and oxygen atoms in total. The molecule has 0 unspecified atom stereocenters. The van der Waals surface area contributed by atoms with Crippen LogP contribution in [0.2, 0.25) is 0 Å². The molecule has 2 aromatic heterocycles. The Hall–Kier alpha value is -3.20. The Morgan fingerprint density at radius 2 is 1.84 bits per heavy atom. The lowest BCUT2D eigenvalue weighted by Gasteiger charge is -2.28. The first-order chi connectivity index (χ1) is 17.9. The Balaban J connectivity index is 0.00000186. The van der Waals surface area contributed by atoms with Crippen molar-refractivity contribution in [2.45, 2.75) is 78.8 Å². The van der Waals surface area contributed by atoms with Crippen LogP contribution in [0, 0.1) is 5.92 Å². The Morgan fingerprint density at radius 3 is 2.54 bits per heavy atom. The molecule has 0 aliphatic heterocycles. The molecule has 37 heavy (non-hydrogen) atoms. The fraction of sp³-hybridized carbons (Fsp3) is 0.500. The number of thiazole rings is 1. The lowest BCUT2D eigenvalue weighted by atomic mass is 9.85. The molecule has 4 N–H and O–H groups in total. The zero-order valence-electron chi connectivity index (χ0n) is 22.6. The summed E-state index contributed by atoms with van der Waals surface area (Å²) in [5.41, 5.74) is 4.98. The Bertz CT molecular complexity index is 1170. The summed E-state index contributed by atoms with van der Waals surface area (Å²) in [5, 5.41) is 12.9. The third-order valence-corrected chi connectivity index (χ3v) is 6.97. The van der Waals surface area contributed by atoms with Gasteiger partial charge >= 0.3 is 0 Å². The van der Waals surface area contributed by atoms with Crippen molar-refractivity contribution < 1.29 is 9.59 Å². The van der Waals surface area contributed by atoms with Gasteiger partial charge in [-0.05, 0) is 64.2 Å². The number of amides is 2. The lowest BCUT2D eigenvalue weighted by molar-refractivity contribution is -0.126. The topological polar surface area (TPSA) is 108 Å². The van der Waals surface area contributed by atoms with E-state index < -0.39 is 0 Å². The van der Waals surface area contributed by atoms with Gasteiger partial charge in [0.2, 0.25) is 5.91 Å². The smallest absolute Gasteiger partial charge is 0.255 e. The molecular weight excluding hydrogens is 484 g/mol. The number of hydrogen-bond acceptors (Lipinski definition) is 7. The number of anilines is 3. The third-order valence-electron chi connectivity index (χ3n) is 6.18. The zero-order chi connectivity index (χ0) is 26.8. The van der Waals surface area contributed by atoms with Gasteiger partial charge in [-0.15, -0.1) is 11.3 Å². The molecule has 1 fully saturated rings. The van der Waals surface area contributed by atoms with Crippen LogP contribution in [-0.2, 0) is 4.79 Å². The molecule has 2 heterocycles. The van der Waals surface area contributed by atoms with Crippen LogP contribution in [0.4, 0.5) is 17.2 Å². The molecule has 2 amide bonds. The molecule has 200 valence electrons. The first-order valence-electron chi connectivity index (χ1n) is 13.4. The summed E-state index contributed by atoms with van der Waals surface area (Å²) in [6, 6.07) is 8.09. The Kier molecular flexibility index (Phi) is 10.7. The van der Waals surface area contributed by atoms with Crippen LogP contribution < -0.4 is 21.3 Å². The van der Waals surface area contributed by atoms with Crippen LogP contribution in [0.1, 0.15) is 77.1 Å². The first-order valence-corrected chi connectivity index (χ1v) is 14.3. The third kappa shape index (κ3) is 7.89. The normalized spacial score (nSPS) is 17.0. The number of pyridine rings is 1. The maximum absolute atomic E-state index is 13.2. The molecule has 1 aliphatic carbocycles. The largest absolute Gasteiger partial charge is 0.382 e. The molecule has 4 rings (SSSR count). The number of hydrogen-bond donors (Lipinski definition) is 4. The maximum Gasteiger partial charge on any atom is 0.255 e. The molecule has 0 radical (unpaired) electrons. The van der Waals surface area contributed by atoms with Crippen molar-refractivity contribution in [3.05, 3.63) is 41.5 Å². The van der Waals surface area contributed by atoms with Gasteiger partial charge in [0.25, 0.3) is 5.91 Å². The van der Waals surface area contributed by atoms with Crippen molar-refractivity contribution in [3.8, 4) is 0 Å². The second-order valence-electron chi connectivity index (χ2n) is 9.39. The van der Waals surface area contributed by atoms with E-state index in [2.05, 4.69) is 31.2 Å². The summed E-state index contributed by atoms with van der Waals surface area (Å²) in [4.78, 5) is 34.2. The summed E-state index contributed by atoms with van der Waals surface area (Å²) < 4.78 is 1.10. The minimum atomic E-state index is -0.142. The van der Waals surface area contributed by atoms with Gasteiger partial charge in [-0.1, -0.05) is 20.8 Å². The monoisotopic (exact) mass is 524 g/mol. The van der Waals surface area contributed by atoms with Crippen molar-refractivity contribution in [3.63, 3.8) is 0 Å². The number of benzene rings is 1. The second-order valence-corrected chi connectivity index (χ2v) is 10.3. The average Bonchev–Trinajstić information content (AvgIpc) is 3.36. The highest BCUT2D eigenvalue weighted by Gasteiger charge is 2.27. The SMILES string of the molecule is CC.CCCNC(=O)C1CCC(NC(=O)c2cnc(Nc3ccc4ncsc4c3)cc2NC(C)C)CC1. The van der Waals surface area contributed by atoms with Gasteiger partial charge in [-0.3, -0.25) is 9.59 Å². The molecule has 1 aliphatic rings. The fourth-order valence-electron chi connectivity index (χ4n) is 4.37. The predicted molar refractivity (Wildman–Crippen MR) is 154 cm³/mol. The van der Waals surface area contributed by atoms with E-state index in [0.717, 1.165) is 60.2 Å². The fourth-order valence-corrected chi connectivity index (χ4v) is 5.09. The molecule has 1 aromatic carbocycles. The van der Waals surface area contributed by atoms with E-state index in [1.54, 1.807) is 17.5 Å². The van der Waals surface area contributed by atoms with Gasteiger partial charge < -0.3 is 21.3 Å². The van der Waals surface area contributed by atoms with Gasteiger partial charge in [0, 0.05) is 42.5 Å². The number of carbonyl (C=O) groups excluding carboxylic acids is 2. The van der Waals surface area contributed by atoms with Crippen LogP contribution in [-0.4, -0.2) is 40.4 Å². The van der Waals surface area contributed by atoms with E-state index in [0.29, 0.717) is 11.4 Å². The van der Waals surface area contributed by atoms with Crippen LogP contribution in [0.5, 0.6) is 0 Å². The molecule has 9 heteroatoms. The van der Waals surface area contributed by atoms with Crippen molar-refractivity contribution in [1.29, 1.82) is 0 Å². The summed E-state index contributed by atoms with van der Waals surface area (Å²) in [7, 11) is 0.